The fraction of sp³-hybridized carbons (Fsp3) is 0.545. The first-order chi connectivity index (χ1) is 9.67. The minimum atomic E-state index is -0.386. The normalized spacial score (nSPS) is 10.1. The summed E-state index contributed by atoms with van der Waals surface area (Å²) in [6.45, 7) is 0.957. The minimum absolute atomic E-state index is 0.292. The van der Waals surface area contributed by atoms with Gasteiger partial charge in [0.2, 0.25) is 0 Å². The third kappa shape index (κ3) is 6.12. The topological polar surface area (TPSA) is 88.0 Å². The van der Waals surface area contributed by atoms with E-state index < -0.39 is 0 Å². The van der Waals surface area contributed by atoms with E-state index in [-0.39, 0.29) is 12.1 Å². The molecule has 0 saturated carbocycles. The van der Waals surface area contributed by atoms with Crippen LogP contribution in [0.25, 0.3) is 0 Å². The minimum Gasteiger partial charge on any atom is -0.338 e. The molecule has 1 aromatic heterocycles. The van der Waals surface area contributed by atoms with Crippen molar-refractivity contribution in [2.24, 2.45) is 0 Å². The predicted octanol–water partition coefficient (Wildman–Crippen LogP) is 1.82. The molecule has 3 amide bonds. The van der Waals surface area contributed by atoms with Crippen LogP contribution >= 0.6 is 23.2 Å². The van der Waals surface area contributed by atoms with Crippen molar-refractivity contribution in [1.82, 2.24) is 20.4 Å². The molecule has 0 atom stereocenters. The SMILES string of the molecule is O=C(NCCCCl)Nc1ccn(C(=O)NCCCCl)n1. The summed E-state index contributed by atoms with van der Waals surface area (Å²) >= 11 is 11.0. The van der Waals surface area contributed by atoms with E-state index in [0.29, 0.717) is 43.5 Å². The maximum atomic E-state index is 11.6. The van der Waals surface area contributed by atoms with Gasteiger partial charge < -0.3 is 10.6 Å². The van der Waals surface area contributed by atoms with Crippen LogP contribution in [0.2, 0.25) is 0 Å². The lowest BCUT2D eigenvalue weighted by molar-refractivity contribution is 0.239. The second-order valence-electron chi connectivity index (χ2n) is 3.84. The van der Waals surface area contributed by atoms with Gasteiger partial charge in [-0.05, 0) is 12.8 Å². The third-order valence-corrected chi connectivity index (χ3v) is 2.76. The highest BCUT2D eigenvalue weighted by Gasteiger charge is 2.08. The second-order valence-corrected chi connectivity index (χ2v) is 4.60. The smallest absolute Gasteiger partial charge is 0.338 e. The fourth-order valence-electron chi connectivity index (χ4n) is 1.28. The zero-order valence-electron chi connectivity index (χ0n) is 10.9. The first kappa shape index (κ1) is 16.6. The second kappa shape index (κ2) is 9.44. The Morgan fingerprint density at radius 3 is 2.45 bits per heavy atom. The number of alkyl halides is 2. The summed E-state index contributed by atoms with van der Waals surface area (Å²) in [7, 11) is 0. The van der Waals surface area contributed by atoms with Crippen molar-refractivity contribution in [3.05, 3.63) is 12.3 Å². The molecule has 1 aromatic rings. The Kier molecular flexibility index (Phi) is 7.82. The summed E-state index contributed by atoms with van der Waals surface area (Å²) in [5, 5.41) is 11.7. The summed E-state index contributed by atoms with van der Waals surface area (Å²) in [5.41, 5.74) is 0. The number of hydrogen-bond acceptors (Lipinski definition) is 3. The molecule has 3 N–H and O–H groups in total. The van der Waals surface area contributed by atoms with Gasteiger partial charge in [0.25, 0.3) is 0 Å². The van der Waals surface area contributed by atoms with Gasteiger partial charge in [-0.3, -0.25) is 5.32 Å². The molecule has 7 nitrogen and oxygen atoms in total. The maximum Gasteiger partial charge on any atom is 0.342 e. The van der Waals surface area contributed by atoms with Crippen molar-refractivity contribution in [2.75, 3.05) is 30.2 Å². The van der Waals surface area contributed by atoms with Crippen LogP contribution in [-0.4, -0.2) is 46.7 Å². The molecular weight excluding hydrogens is 305 g/mol. The average molecular weight is 322 g/mol. The molecule has 0 aliphatic carbocycles. The molecule has 0 radical (unpaired) electrons. The lowest BCUT2D eigenvalue weighted by Crippen LogP contribution is -2.31. The van der Waals surface area contributed by atoms with Gasteiger partial charge in [0.15, 0.2) is 5.82 Å². The molecule has 0 aliphatic heterocycles. The van der Waals surface area contributed by atoms with Crippen LogP contribution in [0.15, 0.2) is 12.3 Å². The van der Waals surface area contributed by atoms with Crippen LogP contribution in [0.4, 0.5) is 15.4 Å². The monoisotopic (exact) mass is 321 g/mol. The summed E-state index contributed by atoms with van der Waals surface area (Å²) in [6.07, 6.45) is 2.83. The average Bonchev–Trinajstić information content (AvgIpc) is 2.87. The summed E-state index contributed by atoms with van der Waals surface area (Å²) in [6, 6.07) is 0.774. The van der Waals surface area contributed by atoms with Gasteiger partial charge >= 0.3 is 12.1 Å². The van der Waals surface area contributed by atoms with E-state index in [1.165, 1.54) is 12.3 Å². The number of nitrogens with zero attached hydrogens (tertiary/aromatic N) is 2. The number of aromatic nitrogens is 2. The van der Waals surface area contributed by atoms with E-state index in [2.05, 4.69) is 21.0 Å². The Hall–Kier alpha value is -1.47. The van der Waals surface area contributed by atoms with Crippen molar-refractivity contribution >= 4 is 41.1 Å². The lowest BCUT2D eigenvalue weighted by atomic mass is 10.5. The van der Waals surface area contributed by atoms with E-state index >= 15 is 0 Å². The van der Waals surface area contributed by atoms with Crippen molar-refractivity contribution in [2.45, 2.75) is 12.8 Å². The Balaban J connectivity index is 2.38. The van der Waals surface area contributed by atoms with Gasteiger partial charge in [-0.15, -0.1) is 28.3 Å². The van der Waals surface area contributed by atoms with Gasteiger partial charge in [-0.2, -0.15) is 4.68 Å². The molecule has 20 heavy (non-hydrogen) atoms. The van der Waals surface area contributed by atoms with Crippen molar-refractivity contribution in [3.8, 4) is 0 Å². The van der Waals surface area contributed by atoms with E-state index in [4.69, 9.17) is 23.2 Å². The predicted molar refractivity (Wildman–Crippen MR) is 78.7 cm³/mol. The molecule has 112 valence electrons. The Bertz CT molecular complexity index is 438. The fourth-order valence-corrected chi connectivity index (χ4v) is 1.54. The van der Waals surface area contributed by atoms with Crippen LogP contribution in [0.5, 0.6) is 0 Å². The molecule has 0 spiro atoms. The first-order valence-corrected chi connectivity index (χ1v) is 7.25. The summed E-state index contributed by atoms with van der Waals surface area (Å²) in [5.74, 6) is 1.26. The molecule has 0 bridgehead atoms. The number of nitrogens with one attached hydrogen (secondary N) is 3. The third-order valence-electron chi connectivity index (χ3n) is 2.22. The first-order valence-electron chi connectivity index (χ1n) is 6.18. The highest BCUT2D eigenvalue weighted by molar-refractivity contribution is 6.18. The number of anilines is 1. The number of rotatable bonds is 7. The maximum absolute atomic E-state index is 11.6. The Morgan fingerprint density at radius 1 is 1.15 bits per heavy atom. The van der Waals surface area contributed by atoms with Crippen molar-refractivity contribution in [3.63, 3.8) is 0 Å². The van der Waals surface area contributed by atoms with Gasteiger partial charge in [-0.25, -0.2) is 9.59 Å². The quantitative estimate of drug-likeness (QED) is 0.528. The zero-order valence-corrected chi connectivity index (χ0v) is 12.4. The van der Waals surface area contributed by atoms with Crippen LogP contribution in [0.3, 0.4) is 0 Å². The number of hydrogen-bond donors (Lipinski definition) is 3. The standard InChI is InChI=1S/C11H17Cl2N5O2/c12-4-1-6-14-10(19)16-9-3-8-18(17-9)11(20)15-7-2-5-13/h3,8H,1-2,4-7H2,(H,15,20)(H2,14,16,17,19). The molecule has 9 heteroatoms. The zero-order chi connectivity index (χ0) is 14.8. The van der Waals surface area contributed by atoms with E-state index in [0.717, 1.165) is 4.68 Å². The van der Waals surface area contributed by atoms with E-state index in [1.807, 2.05) is 0 Å². The van der Waals surface area contributed by atoms with Crippen molar-refractivity contribution in [1.29, 1.82) is 0 Å². The molecule has 0 fully saturated rings. The molecule has 0 aromatic carbocycles. The summed E-state index contributed by atoms with van der Waals surface area (Å²) < 4.78 is 1.11. The lowest BCUT2D eigenvalue weighted by Gasteiger charge is -2.04. The van der Waals surface area contributed by atoms with Crippen LogP contribution in [-0.2, 0) is 0 Å². The Labute approximate surface area is 127 Å². The summed E-state index contributed by atoms with van der Waals surface area (Å²) in [4.78, 5) is 23.1. The number of carbonyl (C=O) groups is 2. The highest BCUT2D eigenvalue weighted by Crippen LogP contribution is 2.01. The van der Waals surface area contributed by atoms with Crippen LogP contribution in [0.1, 0.15) is 12.8 Å². The molecule has 1 heterocycles. The number of carbonyl (C=O) groups excluding carboxylic acids is 2. The number of halogens is 2. The van der Waals surface area contributed by atoms with Crippen molar-refractivity contribution < 1.29 is 9.59 Å². The number of urea groups is 1. The molecule has 1 rings (SSSR count). The number of amides is 3. The van der Waals surface area contributed by atoms with Gasteiger partial charge in [0.05, 0.1) is 0 Å². The van der Waals surface area contributed by atoms with Gasteiger partial charge in [0, 0.05) is 37.1 Å². The molecule has 0 unspecified atom stereocenters. The molecular formula is C11H17Cl2N5O2. The van der Waals surface area contributed by atoms with Gasteiger partial charge in [-0.1, -0.05) is 0 Å². The largest absolute Gasteiger partial charge is 0.342 e. The molecule has 0 aliphatic rings. The van der Waals surface area contributed by atoms with Gasteiger partial charge in [0.1, 0.15) is 0 Å². The van der Waals surface area contributed by atoms with Crippen LogP contribution in [0, 0.1) is 0 Å². The molecule has 0 saturated heterocycles. The highest BCUT2D eigenvalue weighted by atomic mass is 35.5. The van der Waals surface area contributed by atoms with E-state index in [1.54, 1.807) is 0 Å². The van der Waals surface area contributed by atoms with E-state index in [9.17, 15) is 9.59 Å². The van der Waals surface area contributed by atoms with Crippen LogP contribution < -0.4 is 16.0 Å². The Morgan fingerprint density at radius 2 is 1.80 bits per heavy atom.